The van der Waals surface area contributed by atoms with Crippen molar-refractivity contribution in [2.45, 2.75) is 12.5 Å². The van der Waals surface area contributed by atoms with Crippen molar-refractivity contribution in [1.29, 1.82) is 0 Å². The highest BCUT2D eigenvalue weighted by Crippen LogP contribution is 2.33. The summed E-state index contributed by atoms with van der Waals surface area (Å²) in [7, 11) is 1.62. The molecule has 0 fully saturated rings. The third-order valence-corrected chi connectivity index (χ3v) is 4.61. The third kappa shape index (κ3) is 2.21. The number of rotatable bonds is 3. The van der Waals surface area contributed by atoms with Gasteiger partial charge < -0.3 is 10.2 Å². The molecule has 0 saturated carbocycles. The average Bonchev–Trinajstić information content (AvgIpc) is 3.19. The van der Waals surface area contributed by atoms with Crippen LogP contribution < -0.4 is 10.2 Å². The Bertz CT molecular complexity index is 820. The topological polar surface area (TPSA) is 67.8 Å². The second-order valence-corrected chi connectivity index (χ2v) is 5.97. The molecule has 120 valence electrons. The molecule has 24 heavy (non-hydrogen) atoms. The van der Waals surface area contributed by atoms with Gasteiger partial charge in [-0.2, -0.15) is 5.10 Å². The number of nitrogens with zero attached hydrogens (tertiary/aromatic N) is 1. The van der Waals surface area contributed by atoms with Gasteiger partial charge in [-0.3, -0.25) is 9.59 Å². The quantitative estimate of drug-likeness (QED) is 0.883. The Morgan fingerprint density at radius 2 is 1.62 bits per heavy atom. The molecule has 0 bridgehead atoms. The zero-order chi connectivity index (χ0) is 16.7. The zero-order valence-corrected chi connectivity index (χ0v) is 13.2. The molecule has 2 aliphatic rings. The van der Waals surface area contributed by atoms with Crippen LogP contribution in [-0.2, 0) is 0 Å². The Labute approximate surface area is 139 Å². The van der Waals surface area contributed by atoms with Crippen LogP contribution in [0.5, 0.6) is 5.75 Å². The summed E-state index contributed by atoms with van der Waals surface area (Å²) >= 11 is 0. The van der Waals surface area contributed by atoms with Gasteiger partial charge in [-0.1, -0.05) is 36.4 Å². The van der Waals surface area contributed by atoms with Gasteiger partial charge in [0.1, 0.15) is 11.7 Å². The van der Waals surface area contributed by atoms with E-state index in [9.17, 15) is 9.59 Å². The first-order valence-electron chi connectivity index (χ1n) is 7.82. The van der Waals surface area contributed by atoms with Gasteiger partial charge in [0.2, 0.25) is 0 Å². The van der Waals surface area contributed by atoms with Crippen LogP contribution in [0, 0.1) is 5.92 Å². The number of hydrogen-bond acceptors (Lipinski definition) is 5. The van der Waals surface area contributed by atoms with Gasteiger partial charge in [-0.05, 0) is 17.7 Å². The van der Waals surface area contributed by atoms with Crippen LogP contribution in [0.15, 0.2) is 53.6 Å². The monoisotopic (exact) mass is 320 g/mol. The van der Waals surface area contributed by atoms with E-state index in [2.05, 4.69) is 10.5 Å². The van der Waals surface area contributed by atoms with Crippen molar-refractivity contribution in [3.63, 3.8) is 0 Å². The van der Waals surface area contributed by atoms with Crippen molar-refractivity contribution < 1.29 is 14.3 Å². The van der Waals surface area contributed by atoms with Gasteiger partial charge in [0.05, 0.1) is 18.9 Å². The summed E-state index contributed by atoms with van der Waals surface area (Å²) in [5.41, 5.74) is 5.71. The molecule has 0 saturated heterocycles. The molecule has 1 aliphatic heterocycles. The summed E-state index contributed by atoms with van der Waals surface area (Å²) in [6, 6.07) is 14.6. The standard InChI is InChI=1S/C19H16N2O3/c1-24-12-8-6-11(7-9-12)15-10-16(21-20-15)17-18(22)13-4-2-3-5-14(13)19(17)23/h2-9,15,17,20H,10H2,1H3. The summed E-state index contributed by atoms with van der Waals surface area (Å²) in [6.07, 6.45) is 0.544. The van der Waals surface area contributed by atoms with Crippen LogP contribution >= 0.6 is 0 Å². The molecule has 0 radical (unpaired) electrons. The van der Waals surface area contributed by atoms with Crippen molar-refractivity contribution in [3.05, 3.63) is 65.2 Å². The average molecular weight is 320 g/mol. The molecule has 4 rings (SSSR count). The van der Waals surface area contributed by atoms with E-state index in [-0.39, 0.29) is 17.6 Å². The number of carbonyl (C=O) groups is 2. The molecule has 0 amide bonds. The van der Waals surface area contributed by atoms with Crippen molar-refractivity contribution in [1.82, 2.24) is 5.43 Å². The first kappa shape index (κ1) is 14.6. The fourth-order valence-electron chi connectivity index (χ4n) is 3.32. The molecule has 1 unspecified atom stereocenters. The fraction of sp³-hybridized carbons (Fsp3) is 0.211. The minimum atomic E-state index is -0.779. The van der Waals surface area contributed by atoms with E-state index in [1.807, 2.05) is 24.3 Å². The number of carbonyl (C=O) groups excluding carboxylic acids is 2. The molecule has 1 atom stereocenters. The van der Waals surface area contributed by atoms with E-state index in [0.29, 0.717) is 23.3 Å². The second kappa shape index (κ2) is 5.60. The van der Waals surface area contributed by atoms with E-state index in [0.717, 1.165) is 11.3 Å². The number of fused-ring (bicyclic) bond motifs is 1. The first-order chi connectivity index (χ1) is 11.7. The van der Waals surface area contributed by atoms with Crippen LogP contribution in [0.25, 0.3) is 0 Å². The predicted octanol–water partition coefficient (Wildman–Crippen LogP) is 2.78. The molecule has 1 heterocycles. The van der Waals surface area contributed by atoms with Crippen LogP contribution in [0.4, 0.5) is 0 Å². The maximum absolute atomic E-state index is 12.6. The molecule has 0 spiro atoms. The SMILES string of the molecule is COc1ccc(C2CC(C3C(=O)c4ccccc4C3=O)=NN2)cc1. The number of ketones is 2. The molecule has 0 aromatic heterocycles. The summed E-state index contributed by atoms with van der Waals surface area (Å²) in [5.74, 6) is -0.286. The molecular formula is C19H16N2O3. The van der Waals surface area contributed by atoms with Gasteiger partial charge in [0.15, 0.2) is 11.6 Å². The number of nitrogens with one attached hydrogen (secondary N) is 1. The Morgan fingerprint density at radius 1 is 1.00 bits per heavy atom. The molecule has 2 aromatic rings. The maximum Gasteiger partial charge on any atom is 0.180 e. The maximum atomic E-state index is 12.6. The lowest BCUT2D eigenvalue weighted by molar-refractivity contribution is 0.0882. The van der Waals surface area contributed by atoms with E-state index in [1.165, 1.54) is 0 Å². The molecule has 1 N–H and O–H groups in total. The summed E-state index contributed by atoms with van der Waals surface area (Å²) < 4.78 is 5.16. The van der Waals surface area contributed by atoms with Gasteiger partial charge >= 0.3 is 0 Å². The van der Waals surface area contributed by atoms with Crippen LogP contribution in [0.1, 0.15) is 38.7 Å². The molecular weight excluding hydrogens is 304 g/mol. The van der Waals surface area contributed by atoms with Crippen molar-refractivity contribution in [2.24, 2.45) is 11.0 Å². The van der Waals surface area contributed by atoms with Crippen LogP contribution in [0.3, 0.4) is 0 Å². The van der Waals surface area contributed by atoms with Gasteiger partial charge in [0.25, 0.3) is 0 Å². The van der Waals surface area contributed by atoms with Gasteiger partial charge in [0, 0.05) is 17.5 Å². The Hall–Kier alpha value is -2.95. The molecule has 5 nitrogen and oxygen atoms in total. The largest absolute Gasteiger partial charge is 0.497 e. The Kier molecular flexibility index (Phi) is 3.41. The van der Waals surface area contributed by atoms with Crippen LogP contribution in [-0.4, -0.2) is 24.4 Å². The van der Waals surface area contributed by atoms with Crippen molar-refractivity contribution >= 4 is 17.3 Å². The summed E-state index contributed by atoms with van der Waals surface area (Å²) in [6.45, 7) is 0. The lowest BCUT2D eigenvalue weighted by Crippen LogP contribution is -2.24. The summed E-state index contributed by atoms with van der Waals surface area (Å²) in [4.78, 5) is 25.1. The van der Waals surface area contributed by atoms with Crippen molar-refractivity contribution in [2.75, 3.05) is 7.11 Å². The van der Waals surface area contributed by atoms with Gasteiger partial charge in [-0.25, -0.2) is 0 Å². The highest BCUT2D eigenvalue weighted by molar-refractivity contribution is 6.36. The lowest BCUT2D eigenvalue weighted by atomic mass is 9.92. The molecule has 2 aromatic carbocycles. The Morgan fingerprint density at radius 3 is 2.21 bits per heavy atom. The minimum Gasteiger partial charge on any atom is -0.497 e. The number of ether oxygens (including phenoxy) is 1. The van der Waals surface area contributed by atoms with E-state index in [1.54, 1.807) is 31.4 Å². The van der Waals surface area contributed by atoms with Gasteiger partial charge in [-0.15, -0.1) is 0 Å². The zero-order valence-electron chi connectivity index (χ0n) is 13.2. The number of hydrogen-bond donors (Lipinski definition) is 1. The number of methoxy groups -OCH3 is 1. The van der Waals surface area contributed by atoms with Crippen LogP contribution in [0.2, 0.25) is 0 Å². The third-order valence-electron chi connectivity index (χ3n) is 4.61. The van der Waals surface area contributed by atoms with E-state index in [4.69, 9.17) is 4.74 Å². The predicted molar refractivity (Wildman–Crippen MR) is 89.5 cm³/mol. The first-order valence-corrected chi connectivity index (χ1v) is 7.82. The summed E-state index contributed by atoms with van der Waals surface area (Å²) in [5, 5.41) is 4.30. The highest BCUT2D eigenvalue weighted by Gasteiger charge is 2.43. The number of benzene rings is 2. The van der Waals surface area contributed by atoms with Crippen molar-refractivity contribution in [3.8, 4) is 5.75 Å². The fourth-order valence-corrected chi connectivity index (χ4v) is 3.32. The second-order valence-electron chi connectivity index (χ2n) is 5.97. The van der Waals surface area contributed by atoms with E-state index < -0.39 is 5.92 Å². The molecule has 5 heteroatoms. The number of Topliss-reactive ketones (excluding diaryl/α,β-unsaturated/α-hetero) is 2. The molecule has 1 aliphatic carbocycles. The van der Waals surface area contributed by atoms with E-state index >= 15 is 0 Å². The highest BCUT2D eigenvalue weighted by atomic mass is 16.5. The lowest BCUT2D eigenvalue weighted by Gasteiger charge is -2.11. The minimum absolute atomic E-state index is 0.0322. The number of hydrazone groups is 1. The Balaban J connectivity index is 1.55. The normalized spacial score (nSPS) is 19.9. The smallest absolute Gasteiger partial charge is 0.180 e.